The first kappa shape index (κ1) is 16.4. The Morgan fingerprint density at radius 2 is 1.71 bits per heavy atom. The number of rotatable bonds is 12. The lowest BCUT2D eigenvalue weighted by molar-refractivity contribution is -0.121. The first-order chi connectivity index (χ1) is 8.31. The third kappa shape index (κ3) is 13.3. The zero-order chi connectivity index (χ0) is 12.8. The fourth-order valence-electron chi connectivity index (χ4n) is 1.58. The van der Waals surface area contributed by atoms with Crippen molar-refractivity contribution in [2.45, 2.75) is 51.9 Å². The molecule has 0 bridgehead atoms. The van der Waals surface area contributed by atoms with Crippen LogP contribution in [0.15, 0.2) is 0 Å². The number of carbonyl (C=O) groups excluding carboxylic acids is 1. The minimum Gasteiger partial charge on any atom is -0.356 e. The second-order valence-electron chi connectivity index (χ2n) is 4.41. The van der Waals surface area contributed by atoms with E-state index in [2.05, 4.69) is 17.6 Å². The Labute approximate surface area is 106 Å². The summed E-state index contributed by atoms with van der Waals surface area (Å²) in [5.74, 6) is 0.203. The maximum Gasteiger partial charge on any atom is 0.219 e. The molecule has 0 fully saturated rings. The van der Waals surface area contributed by atoms with Gasteiger partial charge in [0, 0.05) is 13.0 Å². The summed E-state index contributed by atoms with van der Waals surface area (Å²) in [5.41, 5.74) is 5.39. The third-order valence-corrected chi connectivity index (χ3v) is 2.67. The molecule has 4 nitrogen and oxygen atoms in total. The van der Waals surface area contributed by atoms with E-state index in [1.165, 1.54) is 6.42 Å². The van der Waals surface area contributed by atoms with Crippen LogP contribution in [0.3, 0.4) is 0 Å². The third-order valence-electron chi connectivity index (χ3n) is 2.67. The van der Waals surface area contributed by atoms with E-state index in [0.29, 0.717) is 6.42 Å². The van der Waals surface area contributed by atoms with Gasteiger partial charge in [0.15, 0.2) is 0 Å². The van der Waals surface area contributed by atoms with Crippen LogP contribution in [0.25, 0.3) is 0 Å². The van der Waals surface area contributed by atoms with Crippen LogP contribution in [-0.4, -0.2) is 32.1 Å². The average molecular weight is 243 g/mol. The molecule has 0 saturated heterocycles. The largest absolute Gasteiger partial charge is 0.356 e. The molecule has 4 N–H and O–H groups in total. The number of nitrogens with two attached hydrogens (primary N) is 1. The van der Waals surface area contributed by atoms with E-state index in [1.54, 1.807) is 0 Å². The Balaban J connectivity index is 3.08. The van der Waals surface area contributed by atoms with Gasteiger partial charge in [-0.05, 0) is 45.3 Å². The Hall–Kier alpha value is -0.610. The minimum atomic E-state index is 0.203. The number of amides is 1. The van der Waals surface area contributed by atoms with Gasteiger partial charge in [0.1, 0.15) is 0 Å². The van der Waals surface area contributed by atoms with Gasteiger partial charge in [-0.2, -0.15) is 0 Å². The topological polar surface area (TPSA) is 67.2 Å². The van der Waals surface area contributed by atoms with Crippen LogP contribution in [0, 0.1) is 0 Å². The van der Waals surface area contributed by atoms with Crippen molar-refractivity contribution in [3.8, 4) is 0 Å². The SMILES string of the molecule is CCCCCC(=O)NCCCCNCCCN. The average Bonchev–Trinajstić information content (AvgIpc) is 2.33. The van der Waals surface area contributed by atoms with Gasteiger partial charge in [-0.25, -0.2) is 0 Å². The smallest absolute Gasteiger partial charge is 0.219 e. The number of hydrogen-bond donors (Lipinski definition) is 3. The highest BCUT2D eigenvalue weighted by molar-refractivity contribution is 5.75. The van der Waals surface area contributed by atoms with Gasteiger partial charge in [0.2, 0.25) is 5.91 Å². The van der Waals surface area contributed by atoms with Crippen LogP contribution in [0.4, 0.5) is 0 Å². The molecule has 0 heterocycles. The Kier molecular flexibility index (Phi) is 13.0. The van der Waals surface area contributed by atoms with Crippen molar-refractivity contribution >= 4 is 5.91 Å². The van der Waals surface area contributed by atoms with Crippen LogP contribution >= 0.6 is 0 Å². The van der Waals surface area contributed by atoms with Crippen molar-refractivity contribution in [3.05, 3.63) is 0 Å². The fraction of sp³-hybridized carbons (Fsp3) is 0.923. The summed E-state index contributed by atoms with van der Waals surface area (Å²) in [6, 6.07) is 0. The molecular formula is C13H29N3O. The molecule has 17 heavy (non-hydrogen) atoms. The summed E-state index contributed by atoms with van der Waals surface area (Å²) in [6.45, 7) is 5.73. The normalized spacial score (nSPS) is 10.5. The maximum atomic E-state index is 11.4. The quantitative estimate of drug-likeness (QED) is 0.454. The van der Waals surface area contributed by atoms with Crippen molar-refractivity contribution < 1.29 is 4.79 Å². The number of hydrogen-bond acceptors (Lipinski definition) is 3. The minimum absolute atomic E-state index is 0.203. The lowest BCUT2D eigenvalue weighted by atomic mass is 10.2. The van der Waals surface area contributed by atoms with E-state index in [9.17, 15) is 4.79 Å². The van der Waals surface area contributed by atoms with Gasteiger partial charge in [0.05, 0.1) is 0 Å². The van der Waals surface area contributed by atoms with Crippen LogP contribution in [0.5, 0.6) is 0 Å². The van der Waals surface area contributed by atoms with E-state index in [0.717, 1.165) is 58.3 Å². The van der Waals surface area contributed by atoms with E-state index in [4.69, 9.17) is 5.73 Å². The molecule has 0 aliphatic heterocycles. The second-order valence-corrected chi connectivity index (χ2v) is 4.41. The summed E-state index contributed by atoms with van der Waals surface area (Å²) in [5, 5.41) is 6.28. The van der Waals surface area contributed by atoms with Crippen molar-refractivity contribution in [3.63, 3.8) is 0 Å². The fourth-order valence-corrected chi connectivity index (χ4v) is 1.58. The first-order valence-electron chi connectivity index (χ1n) is 6.98. The van der Waals surface area contributed by atoms with Gasteiger partial charge in [-0.1, -0.05) is 19.8 Å². The standard InChI is InChI=1S/C13H29N3O/c1-2-3-4-8-13(17)16-12-6-5-10-15-11-7-9-14/h15H,2-12,14H2,1H3,(H,16,17). The molecule has 0 aromatic carbocycles. The van der Waals surface area contributed by atoms with Crippen LogP contribution < -0.4 is 16.4 Å². The van der Waals surface area contributed by atoms with Crippen molar-refractivity contribution in [2.75, 3.05) is 26.2 Å². The molecule has 102 valence electrons. The Bertz CT molecular complexity index is 174. The molecular weight excluding hydrogens is 214 g/mol. The maximum absolute atomic E-state index is 11.4. The number of nitrogens with one attached hydrogen (secondary N) is 2. The molecule has 0 aromatic heterocycles. The van der Waals surface area contributed by atoms with Crippen LogP contribution in [-0.2, 0) is 4.79 Å². The Morgan fingerprint density at radius 3 is 2.41 bits per heavy atom. The zero-order valence-electron chi connectivity index (χ0n) is 11.3. The molecule has 0 unspecified atom stereocenters. The molecule has 1 amide bonds. The predicted molar refractivity (Wildman–Crippen MR) is 72.9 cm³/mol. The molecule has 0 radical (unpaired) electrons. The highest BCUT2D eigenvalue weighted by Gasteiger charge is 1.99. The van der Waals surface area contributed by atoms with E-state index < -0.39 is 0 Å². The van der Waals surface area contributed by atoms with Crippen LogP contribution in [0.2, 0.25) is 0 Å². The predicted octanol–water partition coefficient (Wildman–Crippen LogP) is 1.40. The first-order valence-corrected chi connectivity index (χ1v) is 6.98. The monoisotopic (exact) mass is 243 g/mol. The lowest BCUT2D eigenvalue weighted by Crippen LogP contribution is -2.25. The van der Waals surface area contributed by atoms with Crippen LogP contribution in [0.1, 0.15) is 51.9 Å². The summed E-state index contributed by atoms with van der Waals surface area (Å²) in [7, 11) is 0. The van der Waals surface area contributed by atoms with Crippen molar-refractivity contribution in [2.24, 2.45) is 5.73 Å². The summed E-state index contributed by atoms with van der Waals surface area (Å²) in [4.78, 5) is 11.4. The van der Waals surface area contributed by atoms with Gasteiger partial charge < -0.3 is 16.4 Å². The molecule has 0 aliphatic carbocycles. The van der Waals surface area contributed by atoms with Gasteiger partial charge >= 0.3 is 0 Å². The molecule has 0 atom stereocenters. The summed E-state index contributed by atoms with van der Waals surface area (Å²) in [6.07, 6.45) is 7.22. The molecule has 0 rings (SSSR count). The molecule has 0 spiro atoms. The van der Waals surface area contributed by atoms with Crippen molar-refractivity contribution in [1.82, 2.24) is 10.6 Å². The van der Waals surface area contributed by atoms with Gasteiger partial charge in [-0.3, -0.25) is 4.79 Å². The van der Waals surface area contributed by atoms with Crippen molar-refractivity contribution in [1.29, 1.82) is 0 Å². The van der Waals surface area contributed by atoms with E-state index in [-0.39, 0.29) is 5.91 Å². The molecule has 0 saturated carbocycles. The molecule has 0 aromatic rings. The summed E-state index contributed by atoms with van der Waals surface area (Å²) < 4.78 is 0. The number of carbonyl (C=O) groups is 1. The lowest BCUT2D eigenvalue weighted by Gasteiger charge is -2.06. The zero-order valence-corrected chi connectivity index (χ0v) is 11.3. The molecule has 4 heteroatoms. The van der Waals surface area contributed by atoms with E-state index >= 15 is 0 Å². The molecule has 0 aliphatic rings. The number of unbranched alkanes of at least 4 members (excludes halogenated alkanes) is 3. The summed E-state index contributed by atoms with van der Waals surface area (Å²) >= 11 is 0. The Morgan fingerprint density at radius 1 is 1.00 bits per heavy atom. The highest BCUT2D eigenvalue weighted by atomic mass is 16.1. The van der Waals surface area contributed by atoms with E-state index in [1.807, 2.05) is 0 Å². The van der Waals surface area contributed by atoms with Gasteiger partial charge in [0.25, 0.3) is 0 Å². The second kappa shape index (κ2) is 13.5. The van der Waals surface area contributed by atoms with Gasteiger partial charge in [-0.15, -0.1) is 0 Å². The highest BCUT2D eigenvalue weighted by Crippen LogP contribution is 1.98.